The highest BCUT2D eigenvalue weighted by Crippen LogP contribution is 2.59. The Morgan fingerprint density at radius 3 is 2.28 bits per heavy atom. The van der Waals surface area contributed by atoms with Gasteiger partial charge in [-0.2, -0.15) is 5.06 Å². The number of carbonyl (C=O) groups is 3. The van der Waals surface area contributed by atoms with Crippen LogP contribution in [0.2, 0.25) is 0 Å². The molecule has 4 aliphatic rings. The molecule has 2 N–H and O–H groups in total. The fraction of sp³-hybridized carbons (Fsp3) is 0.447. The Kier molecular flexibility index (Phi) is 9.54. The standard InChI is InChI=1S/C38H41IN2O9/c1-36(2,3)47-29(43)18-17-27(22-42)40-35(45)37-20-28-30-31(49-38(48-30,24-12-6-4-7-13-24)25-14-8-5-9-15-25)33(37)50-41(32(37)34(44)46-28)21-23-11-10-16-26(39)19-23/h4-16,19,27-28,30-33,42H,17-18,20-22H2,1-3H3,(H,40,45)/t27-,28+,30-,31-,32-,33+,37-/m0/s1. The van der Waals surface area contributed by atoms with E-state index in [1.807, 2.05) is 84.9 Å². The maximum atomic E-state index is 14.8. The van der Waals surface area contributed by atoms with E-state index < -0.39 is 77.8 Å². The minimum absolute atomic E-state index is 0.0130. The van der Waals surface area contributed by atoms with Gasteiger partial charge in [-0.15, -0.1) is 0 Å². The first-order valence-corrected chi connectivity index (χ1v) is 18.0. The van der Waals surface area contributed by atoms with Crippen molar-refractivity contribution in [2.24, 2.45) is 5.41 Å². The summed E-state index contributed by atoms with van der Waals surface area (Å²) in [5.74, 6) is -2.89. The fourth-order valence-corrected chi connectivity index (χ4v) is 8.33. The predicted molar refractivity (Wildman–Crippen MR) is 188 cm³/mol. The molecular weight excluding hydrogens is 755 g/mol. The monoisotopic (exact) mass is 796 g/mol. The van der Waals surface area contributed by atoms with Gasteiger partial charge in [-0.05, 0) is 67.5 Å². The SMILES string of the molecule is CC(C)(C)OC(=O)CC[C@@H](CO)NC(=O)[C@@]12C[C@H]3OC(=O)[C@@H]1N(Cc1cccc(I)c1)O[C@@H]2[C@H]1OC(c2ccccc2)(c2ccccc2)O[C@H]13. The van der Waals surface area contributed by atoms with Crippen molar-refractivity contribution in [3.8, 4) is 0 Å². The Balaban J connectivity index is 1.26. The van der Waals surface area contributed by atoms with Crippen molar-refractivity contribution in [2.45, 2.75) is 94.5 Å². The first kappa shape index (κ1) is 35.0. The van der Waals surface area contributed by atoms with E-state index in [4.69, 9.17) is 23.8 Å². The zero-order valence-corrected chi connectivity index (χ0v) is 30.3. The molecule has 0 unspecified atom stereocenters. The molecule has 1 amide bonds. The summed E-state index contributed by atoms with van der Waals surface area (Å²) in [5, 5.41) is 14.9. The lowest BCUT2D eigenvalue weighted by atomic mass is 9.62. The van der Waals surface area contributed by atoms with Gasteiger partial charge in [0, 0.05) is 27.5 Å². The van der Waals surface area contributed by atoms with Crippen molar-refractivity contribution in [1.82, 2.24) is 10.4 Å². The minimum atomic E-state index is -1.46. The highest BCUT2D eigenvalue weighted by molar-refractivity contribution is 14.1. The number of halogens is 1. The summed E-state index contributed by atoms with van der Waals surface area (Å²) < 4.78 is 26.5. The zero-order chi connectivity index (χ0) is 35.3. The van der Waals surface area contributed by atoms with Gasteiger partial charge in [-0.3, -0.25) is 19.2 Å². The highest BCUT2D eigenvalue weighted by Gasteiger charge is 2.76. The van der Waals surface area contributed by atoms with E-state index in [-0.39, 0.29) is 25.8 Å². The first-order valence-electron chi connectivity index (χ1n) is 16.9. The van der Waals surface area contributed by atoms with E-state index in [0.717, 1.165) is 20.3 Å². The molecule has 7 atom stereocenters. The largest absolute Gasteiger partial charge is 0.460 e. The number of benzene rings is 3. The van der Waals surface area contributed by atoms with E-state index in [9.17, 15) is 19.5 Å². The Morgan fingerprint density at radius 2 is 1.66 bits per heavy atom. The topological polar surface area (TPSA) is 133 Å². The van der Waals surface area contributed by atoms with Crippen molar-refractivity contribution >= 4 is 40.4 Å². The summed E-state index contributed by atoms with van der Waals surface area (Å²) in [4.78, 5) is 48.1. The molecule has 11 nitrogen and oxygen atoms in total. The molecule has 3 aromatic rings. The Hall–Kier alpha value is -3.40. The van der Waals surface area contributed by atoms with Crippen LogP contribution in [0.15, 0.2) is 84.9 Å². The summed E-state index contributed by atoms with van der Waals surface area (Å²) in [5.41, 5.74) is 0.240. The van der Waals surface area contributed by atoms with Crippen molar-refractivity contribution < 1.29 is 43.3 Å². The zero-order valence-electron chi connectivity index (χ0n) is 28.1. The number of amides is 1. The number of fused-ring (bicyclic) bond motifs is 4. The molecule has 1 saturated carbocycles. The number of ether oxygens (including phenoxy) is 4. The lowest BCUT2D eigenvalue weighted by Gasteiger charge is -2.49. The van der Waals surface area contributed by atoms with Crippen LogP contribution in [0, 0.1) is 8.99 Å². The van der Waals surface area contributed by atoms with Gasteiger partial charge in [0.2, 0.25) is 11.7 Å². The van der Waals surface area contributed by atoms with E-state index >= 15 is 0 Å². The Bertz CT molecular complexity index is 1700. The van der Waals surface area contributed by atoms with E-state index in [0.29, 0.717) is 0 Å². The molecule has 3 aliphatic heterocycles. The number of hydrogen-bond donors (Lipinski definition) is 2. The number of esters is 2. The molecule has 1 aliphatic carbocycles. The molecule has 4 fully saturated rings. The molecule has 2 bridgehead atoms. The van der Waals surface area contributed by atoms with Gasteiger partial charge in [-0.1, -0.05) is 72.8 Å². The van der Waals surface area contributed by atoms with Gasteiger partial charge in [0.1, 0.15) is 35.4 Å². The number of nitrogens with zero attached hydrogens (tertiary/aromatic N) is 1. The summed E-state index contributed by atoms with van der Waals surface area (Å²) in [6.45, 7) is 5.12. The van der Waals surface area contributed by atoms with Crippen LogP contribution in [-0.4, -0.2) is 76.7 Å². The lowest BCUT2D eigenvalue weighted by Crippen LogP contribution is -2.70. The van der Waals surface area contributed by atoms with Crippen molar-refractivity contribution in [1.29, 1.82) is 0 Å². The predicted octanol–water partition coefficient (Wildman–Crippen LogP) is 4.38. The molecule has 7 rings (SSSR count). The fourth-order valence-electron chi connectivity index (χ4n) is 7.72. The van der Waals surface area contributed by atoms with Gasteiger partial charge in [0.05, 0.1) is 19.2 Å². The number of aliphatic hydroxyl groups excluding tert-OH is 1. The second kappa shape index (κ2) is 13.6. The molecule has 12 heteroatoms. The normalized spacial score (nSPS) is 28.7. The van der Waals surface area contributed by atoms with Crippen molar-refractivity contribution in [2.75, 3.05) is 6.61 Å². The smallest absolute Gasteiger partial charge is 0.327 e. The van der Waals surface area contributed by atoms with E-state index in [1.54, 1.807) is 25.8 Å². The van der Waals surface area contributed by atoms with Crippen LogP contribution >= 0.6 is 22.6 Å². The van der Waals surface area contributed by atoms with E-state index in [2.05, 4.69) is 27.9 Å². The van der Waals surface area contributed by atoms with Crippen LogP contribution in [0.3, 0.4) is 0 Å². The van der Waals surface area contributed by atoms with Crippen LogP contribution in [-0.2, 0) is 50.5 Å². The average Bonchev–Trinajstić information content (AvgIpc) is 3.66. The summed E-state index contributed by atoms with van der Waals surface area (Å²) in [6.07, 6.45) is -3.13. The number of hydroxylamine groups is 2. The third-order valence-corrected chi connectivity index (χ3v) is 10.5. The van der Waals surface area contributed by atoms with Crippen LogP contribution in [0.4, 0.5) is 0 Å². The van der Waals surface area contributed by atoms with Crippen LogP contribution in [0.25, 0.3) is 0 Å². The number of rotatable bonds is 10. The number of hydrogen-bond acceptors (Lipinski definition) is 10. The summed E-state index contributed by atoms with van der Waals surface area (Å²) >= 11 is 2.23. The first-order chi connectivity index (χ1) is 23.9. The maximum absolute atomic E-state index is 14.8. The molecule has 50 heavy (non-hydrogen) atoms. The average molecular weight is 797 g/mol. The summed E-state index contributed by atoms with van der Waals surface area (Å²) in [6, 6.07) is 25.0. The molecule has 0 spiro atoms. The highest BCUT2D eigenvalue weighted by atomic mass is 127. The molecule has 264 valence electrons. The van der Waals surface area contributed by atoms with E-state index in [1.165, 1.54) is 0 Å². The molecule has 3 heterocycles. The molecule has 0 aromatic heterocycles. The molecular formula is C38H41IN2O9. The maximum Gasteiger partial charge on any atom is 0.327 e. The Labute approximate surface area is 304 Å². The molecule has 3 saturated heterocycles. The van der Waals surface area contributed by atoms with Crippen molar-refractivity contribution in [3.63, 3.8) is 0 Å². The third-order valence-electron chi connectivity index (χ3n) is 9.79. The van der Waals surface area contributed by atoms with Crippen molar-refractivity contribution in [3.05, 3.63) is 105 Å². The minimum Gasteiger partial charge on any atom is -0.460 e. The van der Waals surface area contributed by atoms with Crippen LogP contribution < -0.4 is 5.32 Å². The second-order valence-corrected chi connectivity index (χ2v) is 15.6. The quantitative estimate of drug-likeness (QED) is 0.225. The van der Waals surface area contributed by atoms with Gasteiger partial charge < -0.3 is 29.4 Å². The molecule has 3 aromatic carbocycles. The third kappa shape index (κ3) is 6.34. The summed E-state index contributed by atoms with van der Waals surface area (Å²) in [7, 11) is 0. The van der Waals surface area contributed by atoms with Crippen LogP contribution in [0.5, 0.6) is 0 Å². The second-order valence-electron chi connectivity index (χ2n) is 14.3. The number of carbonyl (C=O) groups excluding carboxylic acids is 3. The van der Waals surface area contributed by atoms with Gasteiger partial charge in [-0.25, -0.2) is 0 Å². The number of aliphatic hydroxyl groups is 1. The van der Waals surface area contributed by atoms with Gasteiger partial charge in [0.15, 0.2) is 6.04 Å². The Morgan fingerprint density at radius 1 is 1.00 bits per heavy atom. The lowest BCUT2D eigenvalue weighted by molar-refractivity contribution is -0.213. The van der Waals surface area contributed by atoms with Gasteiger partial charge >= 0.3 is 11.9 Å². The number of nitrogens with one attached hydrogen (secondary N) is 1. The van der Waals surface area contributed by atoms with Gasteiger partial charge in [0.25, 0.3) is 0 Å². The van der Waals surface area contributed by atoms with Crippen LogP contribution in [0.1, 0.15) is 56.7 Å². The molecule has 0 radical (unpaired) electrons.